The van der Waals surface area contributed by atoms with E-state index in [-0.39, 0.29) is 5.91 Å². The third-order valence-corrected chi connectivity index (χ3v) is 3.32. The zero-order chi connectivity index (χ0) is 13.5. The van der Waals surface area contributed by atoms with Gasteiger partial charge in [-0.3, -0.25) is 4.79 Å². The van der Waals surface area contributed by atoms with E-state index in [0.29, 0.717) is 19.5 Å². The Bertz CT molecular complexity index is 415. The summed E-state index contributed by atoms with van der Waals surface area (Å²) >= 11 is 0. The van der Waals surface area contributed by atoms with Crippen LogP contribution in [0.25, 0.3) is 0 Å². The van der Waals surface area contributed by atoms with Crippen molar-refractivity contribution in [1.82, 2.24) is 25.4 Å². The van der Waals surface area contributed by atoms with Crippen molar-refractivity contribution in [1.29, 1.82) is 0 Å². The van der Waals surface area contributed by atoms with E-state index in [9.17, 15) is 4.79 Å². The van der Waals surface area contributed by atoms with Gasteiger partial charge in [-0.1, -0.05) is 6.92 Å². The summed E-state index contributed by atoms with van der Waals surface area (Å²) < 4.78 is 2.20. The second-order valence-corrected chi connectivity index (χ2v) is 4.92. The molecule has 0 unspecified atom stereocenters. The quantitative estimate of drug-likeness (QED) is 0.709. The van der Waals surface area contributed by atoms with Crippen molar-refractivity contribution in [2.45, 2.75) is 52.1 Å². The number of hydrogen-bond acceptors (Lipinski definition) is 4. The van der Waals surface area contributed by atoms with Gasteiger partial charge in [0.2, 0.25) is 5.91 Å². The van der Waals surface area contributed by atoms with E-state index >= 15 is 0 Å². The second-order valence-electron chi connectivity index (χ2n) is 4.92. The van der Waals surface area contributed by atoms with Crippen molar-refractivity contribution in [3.8, 4) is 0 Å². The van der Waals surface area contributed by atoms with E-state index in [2.05, 4.69) is 25.4 Å². The van der Waals surface area contributed by atoms with Gasteiger partial charge in [0.15, 0.2) is 0 Å². The summed E-state index contributed by atoms with van der Waals surface area (Å²) in [5.41, 5.74) is 0. The maximum Gasteiger partial charge on any atom is 0.221 e. The third kappa shape index (κ3) is 4.02. The second kappa shape index (κ2) is 7.23. The SMILES string of the molecule is CCCNC(=O)CCNCc1nnc2n1CCCC2. The molecule has 19 heavy (non-hydrogen) atoms. The Labute approximate surface area is 114 Å². The van der Waals surface area contributed by atoms with Gasteiger partial charge in [0.25, 0.3) is 0 Å². The van der Waals surface area contributed by atoms with Crippen LogP contribution < -0.4 is 10.6 Å². The summed E-state index contributed by atoms with van der Waals surface area (Å²) in [5, 5.41) is 14.5. The van der Waals surface area contributed by atoms with Gasteiger partial charge in [-0.05, 0) is 19.3 Å². The Morgan fingerprint density at radius 2 is 2.21 bits per heavy atom. The maximum absolute atomic E-state index is 11.4. The fraction of sp³-hybridized carbons (Fsp3) is 0.769. The topological polar surface area (TPSA) is 71.8 Å². The summed E-state index contributed by atoms with van der Waals surface area (Å²) in [6.07, 6.45) is 4.94. The summed E-state index contributed by atoms with van der Waals surface area (Å²) in [5.74, 6) is 2.20. The van der Waals surface area contributed by atoms with Crippen LogP contribution in [0.5, 0.6) is 0 Å². The van der Waals surface area contributed by atoms with Crippen molar-refractivity contribution in [3.63, 3.8) is 0 Å². The van der Waals surface area contributed by atoms with Gasteiger partial charge in [0, 0.05) is 32.5 Å². The fourth-order valence-corrected chi connectivity index (χ4v) is 2.25. The lowest BCUT2D eigenvalue weighted by Crippen LogP contribution is -2.28. The third-order valence-electron chi connectivity index (χ3n) is 3.32. The molecule has 2 heterocycles. The first-order valence-electron chi connectivity index (χ1n) is 7.19. The molecule has 0 spiro atoms. The predicted octanol–water partition coefficient (Wildman–Crippen LogP) is 0.620. The van der Waals surface area contributed by atoms with Crippen molar-refractivity contribution in [2.75, 3.05) is 13.1 Å². The van der Waals surface area contributed by atoms with Crippen LogP contribution in [0.3, 0.4) is 0 Å². The zero-order valence-electron chi connectivity index (χ0n) is 11.6. The maximum atomic E-state index is 11.4. The van der Waals surface area contributed by atoms with Crippen LogP contribution in [-0.2, 0) is 24.3 Å². The lowest BCUT2D eigenvalue weighted by Gasteiger charge is -2.14. The molecule has 0 atom stereocenters. The molecule has 1 aliphatic heterocycles. The van der Waals surface area contributed by atoms with Crippen LogP contribution in [0.4, 0.5) is 0 Å². The molecule has 1 aliphatic rings. The molecule has 1 aromatic heterocycles. The number of nitrogens with one attached hydrogen (secondary N) is 2. The van der Waals surface area contributed by atoms with Crippen LogP contribution in [-0.4, -0.2) is 33.8 Å². The Hall–Kier alpha value is -1.43. The molecule has 2 N–H and O–H groups in total. The van der Waals surface area contributed by atoms with Crippen LogP contribution >= 0.6 is 0 Å². The molecule has 106 valence electrons. The summed E-state index contributed by atoms with van der Waals surface area (Å²) in [6, 6.07) is 0. The number of carbonyl (C=O) groups is 1. The number of fused-ring (bicyclic) bond motifs is 1. The number of hydrogen-bond donors (Lipinski definition) is 2. The fourth-order valence-electron chi connectivity index (χ4n) is 2.25. The molecule has 0 saturated heterocycles. The van der Waals surface area contributed by atoms with Crippen molar-refractivity contribution < 1.29 is 4.79 Å². The average Bonchev–Trinajstić information content (AvgIpc) is 2.85. The molecule has 0 aliphatic carbocycles. The van der Waals surface area contributed by atoms with E-state index < -0.39 is 0 Å². The first-order chi connectivity index (χ1) is 9.31. The first kappa shape index (κ1) is 14.0. The lowest BCUT2D eigenvalue weighted by atomic mass is 10.2. The molecule has 1 aromatic rings. The monoisotopic (exact) mass is 265 g/mol. The molecule has 0 fully saturated rings. The van der Waals surface area contributed by atoms with Crippen molar-refractivity contribution in [2.24, 2.45) is 0 Å². The van der Waals surface area contributed by atoms with E-state index in [0.717, 1.165) is 37.6 Å². The highest BCUT2D eigenvalue weighted by molar-refractivity contribution is 5.75. The molecule has 0 bridgehead atoms. The van der Waals surface area contributed by atoms with Gasteiger partial charge < -0.3 is 15.2 Å². The molecule has 0 saturated carbocycles. The molecule has 0 radical (unpaired) electrons. The van der Waals surface area contributed by atoms with Crippen LogP contribution in [0.15, 0.2) is 0 Å². The Balaban J connectivity index is 1.68. The Morgan fingerprint density at radius 3 is 3.05 bits per heavy atom. The number of amides is 1. The minimum Gasteiger partial charge on any atom is -0.356 e. The van der Waals surface area contributed by atoms with Gasteiger partial charge in [0.05, 0.1) is 6.54 Å². The summed E-state index contributed by atoms with van der Waals surface area (Å²) in [4.78, 5) is 11.4. The van der Waals surface area contributed by atoms with E-state index in [1.165, 1.54) is 12.8 Å². The van der Waals surface area contributed by atoms with Crippen molar-refractivity contribution >= 4 is 5.91 Å². The van der Waals surface area contributed by atoms with Gasteiger partial charge in [-0.2, -0.15) is 0 Å². The zero-order valence-corrected chi connectivity index (χ0v) is 11.6. The average molecular weight is 265 g/mol. The largest absolute Gasteiger partial charge is 0.356 e. The van der Waals surface area contributed by atoms with Crippen LogP contribution in [0.2, 0.25) is 0 Å². The number of rotatable bonds is 7. The van der Waals surface area contributed by atoms with Crippen molar-refractivity contribution in [3.05, 3.63) is 11.6 Å². The molecule has 0 aromatic carbocycles. The number of aryl methyl sites for hydroxylation is 1. The minimum absolute atomic E-state index is 0.109. The molecule has 1 amide bonds. The summed E-state index contributed by atoms with van der Waals surface area (Å²) in [7, 11) is 0. The standard InChI is InChI=1S/C13H23N5O/c1-2-7-15-13(19)6-8-14-10-12-17-16-11-5-3-4-9-18(11)12/h14H,2-10H2,1H3,(H,15,19). The number of nitrogens with zero attached hydrogens (tertiary/aromatic N) is 3. The number of aromatic nitrogens is 3. The van der Waals surface area contributed by atoms with E-state index in [1.54, 1.807) is 0 Å². The Morgan fingerprint density at radius 1 is 1.32 bits per heavy atom. The lowest BCUT2D eigenvalue weighted by molar-refractivity contribution is -0.120. The summed E-state index contributed by atoms with van der Waals surface area (Å²) in [6.45, 7) is 5.20. The van der Waals surface area contributed by atoms with E-state index in [4.69, 9.17) is 0 Å². The molecule has 2 rings (SSSR count). The predicted molar refractivity (Wildman–Crippen MR) is 72.6 cm³/mol. The minimum atomic E-state index is 0.109. The van der Waals surface area contributed by atoms with Gasteiger partial charge >= 0.3 is 0 Å². The smallest absolute Gasteiger partial charge is 0.221 e. The van der Waals surface area contributed by atoms with Gasteiger partial charge in [-0.25, -0.2) is 0 Å². The highest BCUT2D eigenvalue weighted by atomic mass is 16.1. The normalized spacial score (nSPS) is 14.2. The highest BCUT2D eigenvalue weighted by Crippen LogP contribution is 2.13. The first-order valence-corrected chi connectivity index (χ1v) is 7.19. The van der Waals surface area contributed by atoms with E-state index in [1.807, 2.05) is 6.92 Å². The van der Waals surface area contributed by atoms with Crippen LogP contribution in [0.1, 0.15) is 44.3 Å². The Kier molecular flexibility index (Phi) is 5.32. The molecule has 6 heteroatoms. The van der Waals surface area contributed by atoms with Gasteiger partial charge in [-0.15, -0.1) is 10.2 Å². The highest BCUT2D eigenvalue weighted by Gasteiger charge is 2.14. The molecular formula is C13H23N5O. The molecular weight excluding hydrogens is 242 g/mol. The van der Waals surface area contributed by atoms with Crippen LogP contribution in [0, 0.1) is 0 Å². The number of carbonyl (C=O) groups excluding carboxylic acids is 1. The van der Waals surface area contributed by atoms with Gasteiger partial charge in [0.1, 0.15) is 11.6 Å². The molecule has 6 nitrogen and oxygen atoms in total.